The topological polar surface area (TPSA) is 58.6 Å². The number of amides is 1. The SMILES string of the molecule is CCCCSCC(=O)NC(CCO)COC. The predicted molar refractivity (Wildman–Crippen MR) is 67.7 cm³/mol. The maximum absolute atomic E-state index is 11.5. The fourth-order valence-electron chi connectivity index (χ4n) is 1.23. The number of aliphatic hydroxyl groups is 1. The minimum atomic E-state index is -0.0747. The highest BCUT2D eigenvalue weighted by molar-refractivity contribution is 7.99. The van der Waals surface area contributed by atoms with E-state index >= 15 is 0 Å². The zero-order valence-electron chi connectivity index (χ0n) is 10.2. The van der Waals surface area contributed by atoms with Crippen molar-refractivity contribution in [1.29, 1.82) is 0 Å². The van der Waals surface area contributed by atoms with Crippen molar-refractivity contribution in [2.45, 2.75) is 32.2 Å². The molecule has 1 unspecified atom stereocenters. The molecule has 1 amide bonds. The van der Waals surface area contributed by atoms with Crippen LogP contribution in [0.15, 0.2) is 0 Å². The quantitative estimate of drug-likeness (QED) is 0.568. The highest BCUT2D eigenvalue weighted by Crippen LogP contribution is 2.04. The van der Waals surface area contributed by atoms with Crippen LogP contribution in [0.4, 0.5) is 0 Å². The number of thioether (sulfide) groups is 1. The number of rotatable bonds is 10. The third kappa shape index (κ3) is 9.00. The molecule has 0 aliphatic rings. The monoisotopic (exact) mass is 249 g/mol. The Morgan fingerprint density at radius 2 is 2.31 bits per heavy atom. The predicted octanol–water partition coefficient (Wildman–Crippen LogP) is 1.03. The van der Waals surface area contributed by atoms with Gasteiger partial charge in [-0.2, -0.15) is 11.8 Å². The van der Waals surface area contributed by atoms with Gasteiger partial charge in [-0.05, 0) is 18.6 Å². The van der Waals surface area contributed by atoms with Gasteiger partial charge in [-0.25, -0.2) is 0 Å². The lowest BCUT2D eigenvalue weighted by Crippen LogP contribution is -2.39. The van der Waals surface area contributed by atoms with Crippen molar-refractivity contribution in [3.8, 4) is 0 Å². The van der Waals surface area contributed by atoms with Crippen LogP contribution in [0, 0.1) is 0 Å². The minimum Gasteiger partial charge on any atom is -0.396 e. The van der Waals surface area contributed by atoms with Crippen LogP contribution < -0.4 is 5.32 Å². The molecular weight excluding hydrogens is 226 g/mol. The first kappa shape index (κ1) is 15.7. The van der Waals surface area contributed by atoms with E-state index in [1.807, 2.05) is 0 Å². The van der Waals surface area contributed by atoms with Gasteiger partial charge in [-0.3, -0.25) is 4.79 Å². The summed E-state index contributed by atoms with van der Waals surface area (Å²) in [6, 6.07) is -0.0747. The van der Waals surface area contributed by atoms with Gasteiger partial charge < -0.3 is 15.2 Å². The van der Waals surface area contributed by atoms with Crippen LogP contribution in [0.5, 0.6) is 0 Å². The van der Waals surface area contributed by atoms with E-state index < -0.39 is 0 Å². The number of aliphatic hydroxyl groups excluding tert-OH is 1. The molecular formula is C11H23NO3S. The van der Waals surface area contributed by atoms with Crippen molar-refractivity contribution >= 4 is 17.7 Å². The second-order valence-corrected chi connectivity index (χ2v) is 4.74. The van der Waals surface area contributed by atoms with E-state index in [1.54, 1.807) is 18.9 Å². The first-order chi connectivity index (χ1) is 7.74. The molecule has 0 aliphatic carbocycles. The molecule has 0 aromatic carbocycles. The zero-order chi connectivity index (χ0) is 12.2. The van der Waals surface area contributed by atoms with Gasteiger partial charge in [0.25, 0.3) is 0 Å². The van der Waals surface area contributed by atoms with Crippen molar-refractivity contribution in [3.63, 3.8) is 0 Å². The summed E-state index contributed by atoms with van der Waals surface area (Å²) in [5, 5.41) is 11.7. The molecule has 0 aromatic rings. The molecule has 0 saturated carbocycles. The summed E-state index contributed by atoms with van der Waals surface area (Å²) in [7, 11) is 1.59. The summed E-state index contributed by atoms with van der Waals surface area (Å²) >= 11 is 1.65. The van der Waals surface area contributed by atoms with E-state index in [1.165, 1.54) is 0 Å². The number of carbonyl (C=O) groups is 1. The Morgan fingerprint density at radius 3 is 2.88 bits per heavy atom. The Bertz CT molecular complexity index is 173. The van der Waals surface area contributed by atoms with Crippen molar-refractivity contribution < 1.29 is 14.6 Å². The molecule has 0 aliphatic heterocycles. The number of nitrogens with one attached hydrogen (secondary N) is 1. The summed E-state index contributed by atoms with van der Waals surface area (Å²) in [6.07, 6.45) is 2.85. The van der Waals surface area contributed by atoms with E-state index in [-0.39, 0.29) is 18.6 Å². The van der Waals surface area contributed by atoms with E-state index in [4.69, 9.17) is 9.84 Å². The van der Waals surface area contributed by atoms with Crippen molar-refractivity contribution in [3.05, 3.63) is 0 Å². The van der Waals surface area contributed by atoms with Crippen LogP contribution in [-0.2, 0) is 9.53 Å². The largest absolute Gasteiger partial charge is 0.396 e. The lowest BCUT2D eigenvalue weighted by atomic mass is 10.2. The zero-order valence-corrected chi connectivity index (χ0v) is 11.0. The van der Waals surface area contributed by atoms with Crippen LogP contribution in [0.1, 0.15) is 26.2 Å². The Labute approximate surface area is 102 Å². The fraction of sp³-hybridized carbons (Fsp3) is 0.909. The average molecular weight is 249 g/mol. The van der Waals surface area contributed by atoms with Crippen LogP contribution in [0.3, 0.4) is 0 Å². The smallest absolute Gasteiger partial charge is 0.230 e. The summed E-state index contributed by atoms with van der Waals surface area (Å²) in [5.41, 5.74) is 0. The lowest BCUT2D eigenvalue weighted by molar-refractivity contribution is -0.119. The third-order valence-corrected chi connectivity index (χ3v) is 3.13. The molecule has 16 heavy (non-hydrogen) atoms. The molecule has 96 valence electrons. The normalized spacial score (nSPS) is 12.4. The standard InChI is InChI=1S/C11H23NO3S/c1-3-4-7-16-9-11(14)12-10(5-6-13)8-15-2/h10,13H,3-9H2,1-2H3,(H,12,14). The molecule has 0 radical (unpaired) electrons. The number of carbonyl (C=O) groups excluding carboxylic acids is 1. The Hall–Kier alpha value is -0.260. The Kier molecular flexibility index (Phi) is 11.0. The highest BCUT2D eigenvalue weighted by atomic mass is 32.2. The highest BCUT2D eigenvalue weighted by Gasteiger charge is 2.11. The first-order valence-corrected chi connectivity index (χ1v) is 6.87. The summed E-state index contributed by atoms with van der Waals surface area (Å²) < 4.78 is 4.97. The van der Waals surface area contributed by atoms with Crippen LogP contribution in [0.2, 0.25) is 0 Å². The van der Waals surface area contributed by atoms with Gasteiger partial charge in [0, 0.05) is 13.7 Å². The minimum absolute atomic E-state index is 0.0246. The number of hydrogen-bond donors (Lipinski definition) is 2. The fourth-order valence-corrected chi connectivity index (χ4v) is 2.14. The number of methoxy groups -OCH3 is 1. The molecule has 0 spiro atoms. The van der Waals surface area contributed by atoms with E-state index in [0.29, 0.717) is 18.8 Å². The van der Waals surface area contributed by atoms with Gasteiger partial charge in [0.2, 0.25) is 5.91 Å². The molecule has 1 atom stereocenters. The first-order valence-electron chi connectivity index (χ1n) is 5.71. The number of hydrogen-bond acceptors (Lipinski definition) is 4. The second kappa shape index (κ2) is 11.2. The molecule has 0 aromatic heterocycles. The summed E-state index contributed by atoms with van der Waals surface area (Å²) in [4.78, 5) is 11.5. The molecule has 2 N–H and O–H groups in total. The average Bonchev–Trinajstić information content (AvgIpc) is 2.25. The Balaban J connectivity index is 3.63. The van der Waals surface area contributed by atoms with E-state index in [0.717, 1.165) is 18.6 Å². The summed E-state index contributed by atoms with van der Waals surface area (Å²) in [6.45, 7) is 2.65. The van der Waals surface area contributed by atoms with E-state index in [2.05, 4.69) is 12.2 Å². The molecule has 0 saturated heterocycles. The molecule has 0 rings (SSSR count). The van der Waals surface area contributed by atoms with Gasteiger partial charge in [0.05, 0.1) is 18.4 Å². The van der Waals surface area contributed by atoms with Crippen LogP contribution >= 0.6 is 11.8 Å². The van der Waals surface area contributed by atoms with Gasteiger partial charge in [-0.15, -0.1) is 0 Å². The number of ether oxygens (including phenoxy) is 1. The molecule has 0 heterocycles. The van der Waals surface area contributed by atoms with Gasteiger partial charge in [0.1, 0.15) is 0 Å². The molecule has 4 nitrogen and oxygen atoms in total. The Morgan fingerprint density at radius 1 is 1.56 bits per heavy atom. The van der Waals surface area contributed by atoms with Crippen molar-refractivity contribution in [1.82, 2.24) is 5.32 Å². The van der Waals surface area contributed by atoms with Gasteiger partial charge >= 0.3 is 0 Å². The number of unbranched alkanes of at least 4 members (excludes halogenated alkanes) is 1. The molecule has 0 fully saturated rings. The van der Waals surface area contributed by atoms with E-state index in [9.17, 15) is 4.79 Å². The summed E-state index contributed by atoms with van der Waals surface area (Å²) in [5.74, 6) is 1.54. The van der Waals surface area contributed by atoms with Crippen molar-refractivity contribution in [2.24, 2.45) is 0 Å². The third-order valence-electron chi connectivity index (χ3n) is 2.09. The van der Waals surface area contributed by atoms with Gasteiger partial charge in [0.15, 0.2) is 0 Å². The van der Waals surface area contributed by atoms with Crippen LogP contribution in [0.25, 0.3) is 0 Å². The van der Waals surface area contributed by atoms with Crippen molar-refractivity contribution in [2.75, 3.05) is 31.8 Å². The van der Waals surface area contributed by atoms with Gasteiger partial charge in [-0.1, -0.05) is 13.3 Å². The lowest BCUT2D eigenvalue weighted by Gasteiger charge is -2.16. The molecule has 5 heteroatoms. The maximum Gasteiger partial charge on any atom is 0.230 e. The molecule has 0 bridgehead atoms. The van der Waals surface area contributed by atoms with Crippen LogP contribution in [-0.4, -0.2) is 48.9 Å². The second-order valence-electron chi connectivity index (χ2n) is 3.64. The maximum atomic E-state index is 11.5.